The van der Waals surface area contributed by atoms with Crippen LogP contribution in [0.25, 0.3) is 0 Å². The summed E-state index contributed by atoms with van der Waals surface area (Å²) < 4.78 is 16.6. The number of amides is 1. The lowest BCUT2D eigenvalue weighted by Gasteiger charge is -2.22. The summed E-state index contributed by atoms with van der Waals surface area (Å²) in [6.45, 7) is 1.98. The number of fused-ring (bicyclic) bond motifs is 2. The highest BCUT2D eigenvalue weighted by atomic mass is 16.7. The van der Waals surface area contributed by atoms with Gasteiger partial charge in [-0.2, -0.15) is 0 Å². The number of benzene rings is 2. The van der Waals surface area contributed by atoms with Crippen molar-refractivity contribution in [3.8, 4) is 17.2 Å². The van der Waals surface area contributed by atoms with E-state index in [0.717, 1.165) is 18.6 Å². The number of carbonyl (C=O) groups excluding carboxylic acids is 1. The van der Waals surface area contributed by atoms with Crippen LogP contribution in [-0.2, 0) is 17.6 Å². The minimum absolute atomic E-state index is 0.188. The molecule has 1 aliphatic heterocycles. The van der Waals surface area contributed by atoms with E-state index in [4.69, 9.17) is 14.2 Å². The Morgan fingerprint density at radius 1 is 1.12 bits per heavy atom. The zero-order chi connectivity index (χ0) is 17.2. The number of ether oxygens (including phenoxy) is 3. The van der Waals surface area contributed by atoms with Gasteiger partial charge in [-0.05, 0) is 61.9 Å². The van der Waals surface area contributed by atoms with Crippen molar-refractivity contribution in [2.45, 2.75) is 38.7 Å². The number of aryl methyl sites for hydroxylation is 1. The first-order valence-corrected chi connectivity index (χ1v) is 8.68. The topological polar surface area (TPSA) is 56.8 Å². The Kier molecular flexibility index (Phi) is 4.22. The molecule has 1 amide bonds. The maximum absolute atomic E-state index is 12.5. The summed E-state index contributed by atoms with van der Waals surface area (Å²) in [4.78, 5) is 12.5. The normalized spacial score (nSPS) is 16.0. The smallest absolute Gasteiger partial charge is 0.265 e. The van der Waals surface area contributed by atoms with Crippen molar-refractivity contribution in [2.75, 3.05) is 12.1 Å². The molecule has 1 atom stereocenters. The van der Waals surface area contributed by atoms with Gasteiger partial charge in [0.2, 0.25) is 6.79 Å². The van der Waals surface area contributed by atoms with Crippen LogP contribution in [0.5, 0.6) is 17.2 Å². The highest BCUT2D eigenvalue weighted by Gasteiger charge is 2.20. The minimum Gasteiger partial charge on any atom is -0.481 e. The lowest BCUT2D eigenvalue weighted by Crippen LogP contribution is -2.30. The second-order valence-corrected chi connectivity index (χ2v) is 6.42. The number of carbonyl (C=O) groups is 1. The van der Waals surface area contributed by atoms with Gasteiger partial charge in [-0.25, -0.2) is 0 Å². The van der Waals surface area contributed by atoms with Gasteiger partial charge in [0.15, 0.2) is 17.6 Å². The Morgan fingerprint density at radius 3 is 2.88 bits per heavy atom. The van der Waals surface area contributed by atoms with Crippen molar-refractivity contribution in [3.63, 3.8) is 0 Å². The maximum Gasteiger partial charge on any atom is 0.265 e. The number of rotatable bonds is 4. The highest BCUT2D eigenvalue weighted by molar-refractivity contribution is 5.94. The summed E-state index contributed by atoms with van der Waals surface area (Å²) in [6.07, 6.45) is 3.91. The largest absolute Gasteiger partial charge is 0.481 e. The third kappa shape index (κ3) is 3.27. The molecule has 0 saturated heterocycles. The van der Waals surface area contributed by atoms with Crippen LogP contribution in [0.15, 0.2) is 36.4 Å². The molecule has 0 radical (unpaired) electrons. The summed E-state index contributed by atoms with van der Waals surface area (Å²) in [5.74, 6) is 1.97. The minimum atomic E-state index is -0.584. The van der Waals surface area contributed by atoms with Gasteiger partial charge in [-0.3, -0.25) is 4.79 Å². The molecule has 0 fully saturated rings. The summed E-state index contributed by atoms with van der Waals surface area (Å²) in [5.41, 5.74) is 3.25. The van der Waals surface area contributed by atoms with Gasteiger partial charge in [0, 0.05) is 11.8 Å². The van der Waals surface area contributed by atoms with Crippen molar-refractivity contribution in [3.05, 3.63) is 47.5 Å². The number of nitrogens with one attached hydrogen (secondary N) is 1. The summed E-state index contributed by atoms with van der Waals surface area (Å²) in [7, 11) is 0. The Balaban J connectivity index is 1.44. The van der Waals surface area contributed by atoms with E-state index in [1.165, 1.54) is 24.0 Å². The van der Waals surface area contributed by atoms with Crippen LogP contribution in [0.3, 0.4) is 0 Å². The Hall–Kier alpha value is -2.69. The van der Waals surface area contributed by atoms with Crippen LogP contribution in [0.1, 0.15) is 30.9 Å². The van der Waals surface area contributed by atoms with Crippen molar-refractivity contribution in [2.24, 2.45) is 0 Å². The van der Waals surface area contributed by atoms with Crippen molar-refractivity contribution in [1.29, 1.82) is 0 Å². The fourth-order valence-electron chi connectivity index (χ4n) is 3.32. The monoisotopic (exact) mass is 339 g/mol. The van der Waals surface area contributed by atoms with E-state index in [9.17, 15) is 4.79 Å². The summed E-state index contributed by atoms with van der Waals surface area (Å²) >= 11 is 0. The average Bonchev–Trinajstić information content (AvgIpc) is 3.10. The molecule has 4 rings (SSSR count). The predicted octanol–water partition coefficient (Wildman–Crippen LogP) is 3.70. The van der Waals surface area contributed by atoms with Crippen LogP contribution in [0, 0.1) is 0 Å². The number of hydrogen-bond donors (Lipinski definition) is 1. The summed E-state index contributed by atoms with van der Waals surface area (Å²) in [6, 6.07) is 11.5. The lowest BCUT2D eigenvalue weighted by molar-refractivity contribution is -0.122. The first-order chi connectivity index (χ1) is 12.2. The van der Waals surface area contributed by atoms with Gasteiger partial charge < -0.3 is 19.5 Å². The van der Waals surface area contributed by atoms with E-state index in [-0.39, 0.29) is 12.7 Å². The third-order valence-corrected chi connectivity index (χ3v) is 4.67. The molecule has 1 N–H and O–H groups in total. The summed E-state index contributed by atoms with van der Waals surface area (Å²) in [5, 5.41) is 2.87. The molecule has 2 aromatic carbocycles. The number of anilines is 1. The highest BCUT2D eigenvalue weighted by Crippen LogP contribution is 2.34. The van der Waals surface area contributed by atoms with Crippen molar-refractivity contribution in [1.82, 2.24) is 0 Å². The van der Waals surface area contributed by atoms with E-state index in [2.05, 4.69) is 11.4 Å². The quantitative estimate of drug-likeness (QED) is 0.923. The van der Waals surface area contributed by atoms with E-state index >= 15 is 0 Å². The van der Waals surface area contributed by atoms with E-state index in [1.54, 1.807) is 25.1 Å². The third-order valence-electron chi connectivity index (χ3n) is 4.67. The molecule has 1 aliphatic carbocycles. The predicted molar refractivity (Wildman–Crippen MR) is 94.4 cm³/mol. The van der Waals surface area contributed by atoms with Gasteiger partial charge in [-0.1, -0.05) is 12.1 Å². The molecule has 0 aromatic heterocycles. The molecule has 2 aromatic rings. The molecule has 2 aliphatic rings. The fourth-order valence-corrected chi connectivity index (χ4v) is 3.32. The molecule has 5 heteroatoms. The van der Waals surface area contributed by atoms with Gasteiger partial charge >= 0.3 is 0 Å². The molecule has 1 heterocycles. The molecule has 130 valence electrons. The van der Waals surface area contributed by atoms with Crippen LogP contribution in [-0.4, -0.2) is 18.8 Å². The second-order valence-electron chi connectivity index (χ2n) is 6.42. The zero-order valence-corrected chi connectivity index (χ0v) is 14.2. The van der Waals surface area contributed by atoms with Gasteiger partial charge in [0.25, 0.3) is 5.91 Å². The molecule has 5 nitrogen and oxygen atoms in total. The first-order valence-electron chi connectivity index (χ1n) is 8.68. The lowest BCUT2D eigenvalue weighted by atomic mass is 9.91. The van der Waals surface area contributed by atoms with Crippen LogP contribution < -0.4 is 19.5 Å². The number of hydrogen-bond acceptors (Lipinski definition) is 4. The SMILES string of the molecule is C[C@H](Oc1cccc2c1CCCC2)C(=O)Nc1ccc2c(c1)OCO2. The van der Waals surface area contributed by atoms with Crippen LogP contribution in [0.4, 0.5) is 5.69 Å². The fraction of sp³-hybridized carbons (Fsp3) is 0.350. The Labute approximate surface area is 146 Å². The molecular weight excluding hydrogens is 318 g/mol. The zero-order valence-electron chi connectivity index (χ0n) is 14.2. The van der Waals surface area contributed by atoms with Crippen molar-refractivity contribution >= 4 is 11.6 Å². The molecule has 25 heavy (non-hydrogen) atoms. The Morgan fingerprint density at radius 2 is 1.96 bits per heavy atom. The molecular formula is C20H21NO4. The molecule has 0 unspecified atom stereocenters. The first kappa shape index (κ1) is 15.8. The van der Waals surface area contributed by atoms with Gasteiger partial charge in [0.05, 0.1) is 0 Å². The molecule has 0 saturated carbocycles. The van der Waals surface area contributed by atoms with Crippen LogP contribution in [0.2, 0.25) is 0 Å². The van der Waals surface area contributed by atoms with Crippen LogP contribution >= 0.6 is 0 Å². The van der Waals surface area contributed by atoms with E-state index in [1.807, 2.05) is 12.1 Å². The molecule has 0 spiro atoms. The van der Waals surface area contributed by atoms with E-state index < -0.39 is 6.10 Å². The molecule has 0 bridgehead atoms. The maximum atomic E-state index is 12.5. The standard InChI is InChI=1S/C20H21NO4/c1-13(25-17-8-4-6-14-5-2-3-7-16(14)17)20(22)21-15-9-10-18-19(11-15)24-12-23-18/h4,6,8-11,13H,2-3,5,7,12H2,1H3,(H,21,22)/t13-/m0/s1. The van der Waals surface area contributed by atoms with Crippen molar-refractivity contribution < 1.29 is 19.0 Å². The average molecular weight is 339 g/mol. The second kappa shape index (κ2) is 6.67. The van der Waals surface area contributed by atoms with Gasteiger partial charge in [0.1, 0.15) is 5.75 Å². The van der Waals surface area contributed by atoms with E-state index in [0.29, 0.717) is 17.2 Å². The Bertz CT molecular complexity index is 802. The van der Waals surface area contributed by atoms with Gasteiger partial charge in [-0.15, -0.1) is 0 Å².